The van der Waals surface area contributed by atoms with Gasteiger partial charge < -0.3 is 23.9 Å². The van der Waals surface area contributed by atoms with Gasteiger partial charge in [0.2, 0.25) is 0 Å². The Bertz CT molecular complexity index is 1190. The highest BCUT2D eigenvalue weighted by atomic mass is 35.5. The van der Waals surface area contributed by atoms with E-state index in [4.69, 9.17) is 25.5 Å². The second-order valence-corrected chi connectivity index (χ2v) is 7.38. The molecule has 1 saturated heterocycles. The lowest BCUT2D eigenvalue weighted by Gasteiger charge is -2.24. The molecule has 3 heterocycles. The number of methoxy groups -OCH3 is 2. The highest BCUT2D eigenvalue weighted by Crippen LogP contribution is 2.43. The van der Waals surface area contributed by atoms with E-state index in [0.29, 0.717) is 11.3 Å². The molecule has 0 bridgehead atoms. The lowest BCUT2D eigenvalue weighted by Crippen LogP contribution is -2.29. The van der Waals surface area contributed by atoms with Crippen LogP contribution in [0.4, 0.5) is 0 Å². The molecule has 8 nitrogen and oxygen atoms in total. The van der Waals surface area contributed by atoms with E-state index in [0.717, 1.165) is 0 Å². The highest BCUT2D eigenvalue weighted by Gasteiger charge is 2.46. The van der Waals surface area contributed by atoms with Gasteiger partial charge in [-0.2, -0.15) is 0 Å². The van der Waals surface area contributed by atoms with Gasteiger partial charge in [0.1, 0.15) is 23.0 Å². The van der Waals surface area contributed by atoms with Gasteiger partial charge in [-0.05, 0) is 35.9 Å². The largest absolute Gasteiger partial charge is 0.507 e. The molecule has 1 fully saturated rings. The molecule has 0 spiro atoms. The van der Waals surface area contributed by atoms with Crippen LogP contribution in [-0.4, -0.2) is 40.9 Å². The molecule has 1 aliphatic rings. The smallest absolute Gasteiger partial charge is 0.296 e. The number of pyridine rings is 1. The van der Waals surface area contributed by atoms with Crippen LogP contribution in [0.15, 0.2) is 65.0 Å². The third-order valence-electron chi connectivity index (χ3n) is 5.20. The number of carbonyl (C=O) groups excluding carboxylic acids is 2. The van der Waals surface area contributed by atoms with Crippen molar-refractivity contribution < 1.29 is 28.6 Å². The van der Waals surface area contributed by atoms with E-state index in [-0.39, 0.29) is 34.2 Å². The second kappa shape index (κ2) is 8.76. The Kier molecular flexibility index (Phi) is 5.87. The fraction of sp³-hybridized carbons (Fsp3) is 0.174. The Morgan fingerprint density at radius 3 is 2.50 bits per heavy atom. The van der Waals surface area contributed by atoms with Gasteiger partial charge in [0.15, 0.2) is 0 Å². The third-order valence-corrected chi connectivity index (χ3v) is 5.49. The van der Waals surface area contributed by atoms with Gasteiger partial charge in [0.25, 0.3) is 11.7 Å². The fourth-order valence-electron chi connectivity index (χ4n) is 3.70. The number of benzene rings is 1. The van der Waals surface area contributed by atoms with Gasteiger partial charge in [-0.3, -0.25) is 14.6 Å². The van der Waals surface area contributed by atoms with E-state index in [1.165, 1.54) is 37.5 Å². The number of nitrogens with zero attached hydrogens (tertiary/aromatic N) is 2. The first kappa shape index (κ1) is 21.5. The molecule has 1 N–H and O–H groups in total. The molecule has 0 radical (unpaired) electrons. The maximum absolute atomic E-state index is 13.1. The Balaban J connectivity index is 1.92. The van der Waals surface area contributed by atoms with Gasteiger partial charge >= 0.3 is 0 Å². The number of aliphatic hydroxyl groups is 1. The number of aromatic nitrogens is 1. The summed E-state index contributed by atoms with van der Waals surface area (Å²) in [6, 6.07) is 8.82. The minimum Gasteiger partial charge on any atom is -0.507 e. The van der Waals surface area contributed by atoms with Crippen molar-refractivity contribution in [2.45, 2.75) is 12.6 Å². The molecule has 0 saturated carbocycles. The number of hydrogen-bond acceptors (Lipinski definition) is 7. The van der Waals surface area contributed by atoms with Gasteiger partial charge in [-0.1, -0.05) is 11.6 Å². The monoisotopic (exact) mass is 454 g/mol. The van der Waals surface area contributed by atoms with Crippen LogP contribution in [0, 0.1) is 0 Å². The summed E-state index contributed by atoms with van der Waals surface area (Å²) in [6.07, 6.45) is 4.58. The van der Waals surface area contributed by atoms with Crippen molar-refractivity contribution in [3.63, 3.8) is 0 Å². The number of furan rings is 1. The van der Waals surface area contributed by atoms with Crippen molar-refractivity contribution in [3.8, 4) is 11.5 Å². The predicted molar refractivity (Wildman–Crippen MR) is 115 cm³/mol. The van der Waals surface area contributed by atoms with Crippen LogP contribution < -0.4 is 9.47 Å². The molecule has 2 aromatic heterocycles. The standard InChI is InChI=1S/C23H19ClN2O6/c1-30-17-11-16(24)18(31-2)10-15(17)21(27)19-20(13-5-7-25-8-6-13)26(23(29)22(19)28)12-14-4-3-9-32-14/h3-11,20,27H,12H2,1-2H3/b21-19+. The molecule has 1 amide bonds. The molecule has 4 rings (SSSR count). The topological polar surface area (TPSA) is 102 Å². The van der Waals surface area contributed by atoms with Crippen LogP contribution in [0.2, 0.25) is 5.02 Å². The molecular weight excluding hydrogens is 436 g/mol. The van der Waals surface area contributed by atoms with Crippen molar-refractivity contribution in [2.24, 2.45) is 0 Å². The van der Waals surface area contributed by atoms with Crippen molar-refractivity contribution in [2.75, 3.05) is 14.2 Å². The van der Waals surface area contributed by atoms with Crippen LogP contribution in [0.1, 0.15) is 22.9 Å². The van der Waals surface area contributed by atoms with E-state index in [1.54, 1.807) is 36.7 Å². The highest BCUT2D eigenvalue weighted by molar-refractivity contribution is 6.46. The number of amides is 1. The zero-order chi connectivity index (χ0) is 22.8. The molecule has 1 unspecified atom stereocenters. The minimum atomic E-state index is -0.866. The number of likely N-dealkylation sites (tertiary alicyclic amines) is 1. The van der Waals surface area contributed by atoms with Crippen LogP contribution in [0.25, 0.3) is 5.76 Å². The molecule has 3 aromatic rings. The number of hydrogen-bond donors (Lipinski definition) is 1. The second-order valence-electron chi connectivity index (χ2n) is 6.97. The maximum atomic E-state index is 13.1. The molecule has 9 heteroatoms. The average Bonchev–Trinajstić information content (AvgIpc) is 3.41. The van der Waals surface area contributed by atoms with Crippen LogP contribution in [-0.2, 0) is 16.1 Å². The number of ketones is 1. The van der Waals surface area contributed by atoms with Crippen LogP contribution in [0.3, 0.4) is 0 Å². The summed E-state index contributed by atoms with van der Waals surface area (Å²) in [5.41, 5.74) is 0.687. The Morgan fingerprint density at radius 2 is 1.88 bits per heavy atom. The third kappa shape index (κ3) is 3.69. The van der Waals surface area contributed by atoms with Crippen molar-refractivity contribution in [3.05, 3.63) is 82.5 Å². The number of ether oxygens (including phenoxy) is 2. The number of aliphatic hydroxyl groups excluding tert-OH is 1. The van der Waals surface area contributed by atoms with Crippen LogP contribution in [0.5, 0.6) is 11.5 Å². The summed E-state index contributed by atoms with van der Waals surface area (Å²) in [5, 5.41) is 11.5. The molecule has 32 heavy (non-hydrogen) atoms. The summed E-state index contributed by atoms with van der Waals surface area (Å²) in [6.45, 7) is 0.0441. The van der Waals surface area contributed by atoms with Crippen molar-refractivity contribution in [1.82, 2.24) is 9.88 Å². The summed E-state index contributed by atoms with van der Waals surface area (Å²) in [4.78, 5) is 31.5. The predicted octanol–water partition coefficient (Wildman–Crippen LogP) is 3.97. The van der Waals surface area contributed by atoms with Gasteiger partial charge in [0.05, 0.1) is 49.2 Å². The van der Waals surface area contributed by atoms with Gasteiger partial charge in [0, 0.05) is 18.5 Å². The first-order valence-electron chi connectivity index (χ1n) is 9.58. The average molecular weight is 455 g/mol. The van der Waals surface area contributed by atoms with E-state index in [9.17, 15) is 14.7 Å². The zero-order valence-corrected chi connectivity index (χ0v) is 18.0. The minimum absolute atomic E-state index is 0.0441. The zero-order valence-electron chi connectivity index (χ0n) is 17.2. The van der Waals surface area contributed by atoms with Gasteiger partial charge in [-0.25, -0.2) is 0 Å². The Labute approximate surface area is 188 Å². The molecule has 1 aliphatic heterocycles. The normalized spacial score (nSPS) is 17.6. The van der Waals surface area contributed by atoms with E-state index >= 15 is 0 Å². The van der Waals surface area contributed by atoms with Crippen LogP contribution >= 0.6 is 11.6 Å². The molecule has 0 aliphatic carbocycles. The molecule has 164 valence electrons. The first-order valence-corrected chi connectivity index (χ1v) is 9.96. The van der Waals surface area contributed by atoms with E-state index < -0.39 is 23.5 Å². The lowest BCUT2D eigenvalue weighted by molar-refractivity contribution is -0.140. The molecular formula is C23H19ClN2O6. The quantitative estimate of drug-likeness (QED) is 0.341. The molecule has 1 atom stereocenters. The first-order chi connectivity index (χ1) is 15.5. The van der Waals surface area contributed by atoms with E-state index in [1.807, 2.05) is 0 Å². The summed E-state index contributed by atoms with van der Waals surface area (Å²) in [7, 11) is 2.83. The van der Waals surface area contributed by atoms with Gasteiger partial charge in [-0.15, -0.1) is 0 Å². The SMILES string of the molecule is COc1cc(/C(O)=C2\C(=O)C(=O)N(Cc3ccco3)C2c2ccncc2)c(OC)cc1Cl. The summed E-state index contributed by atoms with van der Waals surface area (Å²) < 4.78 is 16.0. The van der Waals surface area contributed by atoms with E-state index in [2.05, 4.69) is 4.98 Å². The number of Topliss-reactive ketones (excluding diaryl/α,β-unsaturated/α-hetero) is 1. The number of halogens is 1. The fourth-order valence-corrected chi connectivity index (χ4v) is 3.93. The van der Waals surface area contributed by atoms with Crippen molar-refractivity contribution in [1.29, 1.82) is 0 Å². The Hall–Kier alpha value is -3.78. The molecule has 1 aromatic carbocycles. The number of rotatable bonds is 6. The van der Waals surface area contributed by atoms with Crippen molar-refractivity contribution >= 4 is 29.1 Å². The summed E-state index contributed by atoms with van der Waals surface area (Å²) in [5.74, 6) is -0.995. The lowest BCUT2D eigenvalue weighted by atomic mass is 9.95. The Morgan fingerprint density at radius 1 is 1.16 bits per heavy atom. The number of carbonyl (C=O) groups is 2. The maximum Gasteiger partial charge on any atom is 0.296 e. The summed E-state index contributed by atoms with van der Waals surface area (Å²) >= 11 is 6.17.